The summed E-state index contributed by atoms with van der Waals surface area (Å²) in [6, 6.07) is 9.73. The maximum Gasteiger partial charge on any atom is 0.131 e. The fourth-order valence-corrected chi connectivity index (χ4v) is 4.47. The van der Waals surface area contributed by atoms with Crippen molar-refractivity contribution in [2.45, 2.75) is 38.1 Å². The summed E-state index contributed by atoms with van der Waals surface area (Å²) < 4.78 is 13.4. The number of nitrogens with one attached hydrogen (secondary N) is 1. The van der Waals surface area contributed by atoms with E-state index in [2.05, 4.69) is 23.0 Å². The van der Waals surface area contributed by atoms with Crippen molar-refractivity contribution in [3.8, 4) is 0 Å². The van der Waals surface area contributed by atoms with Crippen LogP contribution >= 0.6 is 0 Å². The number of aromatic nitrogens is 2. The van der Waals surface area contributed by atoms with Gasteiger partial charge in [0.2, 0.25) is 0 Å². The Morgan fingerprint density at radius 3 is 2.56 bits per heavy atom. The minimum atomic E-state index is -0.678. The number of benzene rings is 1. The minimum absolute atomic E-state index is 0.0430. The second kappa shape index (κ2) is 7.20. The summed E-state index contributed by atoms with van der Waals surface area (Å²) in [6.45, 7) is 4.59. The van der Waals surface area contributed by atoms with Crippen molar-refractivity contribution in [2.24, 2.45) is 5.92 Å². The Bertz CT molecular complexity index is 846. The van der Waals surface area contributed by atoms with Gasteiger partial charge < -0.3 is 19.1 Å². The zero-order chi connectivity index (χ0) is 19.1. The lowest BCUT2D eigenvalue weighted by atomic mass is 9.75. The lowest BCUT2D eigenvalue weighted by Crippen LogP contribution is -2.56. The van der Waals surface area contributed by atoms with Gasteiger partial charge in [0.15, 0.2) is 0 Å². The van der Waals surface area contributed by atoms with Crippen molar-refractivity contribution in [3.05, 3.63) is 58.7 Å². The lowest BCUT2D eigenvalue weighted by molar-refractivity contribution is -0.0923. The van der Waals surface area contributed by atoms with Crippen LogP contribution in [0.2, 0.25) is 0 Å². The lowest BCUT2D eigenvalue weighted by Gasteiger charge is -2.47. The minimum Gasteiger partial charge on any atom is -0.388 e. The van der Waals surface area contributed by atoms with E-state index < -0.39 is 6.10 Å². The predicted molar refractivity (Wildman–Crippen MR) is 103 cm³/mol. The highest BCUT2D eigenvalue weighted by molar-refractivity contribution is 5.46. The normalized spacial score (nSPS) is 29.8. The van der Waals surface area contributed by atoms with Gasteiger partial charge >= 0.3 is 0 Å². The average molecular weight is 369 g/mol. The van der Waals surface area contributed by atoms with Crippen LogP contribution in [-0.4, -0.2) is 47.7 Å². The number of piperidine rings is 1. The van der Waals surface area contributed by atoms with Crippen LogP contribution in [0, 0.1) is 19.8 Å². The molecule has 3 heterocycles. The van der Waals surface area contributed by atoms with Crippen molar-refractivity contribution in [3.63, 3.8) is 0 Å². The SMILES string of the molecule is COCC1=Cn2c(nc(C)c2C)C2N[C@H](c3ccccc3)[C@@H](O)[C@H](OC)C12. The Balaban J connectivity index is 1.82. The van der Waals surface area contributed by atoms with E-state index in [0.29, 0.717) is 6.61 Å². The maximum absolute atomic E-state index is 11.1. The molecule has 0 bridgehead atoms. The Morgan fingerprint density at radius 2 is 1.89 bits per heavy atom. The first-order chi connectivity index (χ1) is 13.1. The summed E-state index contributed by atoms with van der Waals surface area (Å²) in [5.41, 5.74) is 4.27. The van der Waals surface area contributed by atoms with E-state index in [-0.39, 0.29) is 24.1 Å². The zero-order valence-electron chi connectivity index (χ0n) is 16.2. The molecule has 2 aromatic rings. The quantitative estimate of drug-likeness (QED) is 0.866. The molecule has 0 saturated carbocycles. The molecule has 0 aliphatic carbocycles. The summed E-state index contributed by atoms with van der Waals surface area (Å²) in [5, 5.41) is 14.8. The summed E-state index contributed by atoms with van der Waals surface area (Å²) >= 11 is 0. The van der Waals surface area contributed by atoms with E-state index in [1.165, 1.54) is 0 Å². The van der Waals surface area contributed by atoms with E-state index in [4.69, 9.17) is 14.5 Å². The average Bonchev–Trinajstić information content (AvgIpc) is 2.97. The van der Waals surface area contributed by atoms with Gasteiger partial charge in [0, 0.05) is 32.0 Å². The van der Waals surface area contributed by atoms with Gasteiger partial charge in [0.1, 0.15) is 11.9 Å². The third-order valence-corrected chi connectivity index (χ3v) is 5.91. The molecule has 6 heteroatoms. The molecule has 2 aliphatic rings. The molecule has 2 N–H and O–H groups in total. The van der Waals surface area contributed by atoms with E-state index in [1.54, 1.807) is 14.2 Å². The van der Waals surface area contributed by atoms with Crippen molar-refractivity contribution < 1.29 is 14.6 Å². The molecule has 0 spiro atoms. The molecule has 2 unspecified atom stereocenters. The standard InChI is InChI=1S/C21H27N3O3/c1-12-13(2)24-10-15(11-26-3)16-18(21(24)22-12)23-17(19(25)20(16)27-4)14-8-6-5-7-9-14/h5-10,16-20,23,25H,11H2,1-4H3/t16?,17-,18?,19-,20-/m1/s1. The molecule has 0 radical (unpaired) electrons. The number of aliphatic hydroxyl groups excluding tert-OH is 1. The zero-order valence-corrected chi connectivity index (χ0v) is 16.2. The van der Waals surface area contributed by atoms with Crippen LogP contribution in [0.5, 0.6) is 0 Å². The van der Waals surface area contributed by atoms with Gasteiger partial charge in [0.05, 0.1) is 30.5 Å². The number of aryl methyl sites for hydroxylation is 1. The van der Waals surface area contributed by atoms with Gasteiger partial charge in [-0.2, -0.15) is 0 Å². The monoisotopic (exact) mass is 369 g/mol. The number of methoxy groups -OCH3 is 2. The summed E-state index contributed by atoms with van der Waals surface area (Å²) in [6.07, 6.45) is 1.06. The number of nitrogens with zero attached hydrogens (tertiary/aromatic N) is 2. The molecule has 1 fully saturated rings. The molecule has 1 aromatic heterocycles. The van der Waals surface area contributed by atoms with E-state index >= 15 is 0 Å². The van der Waals surface area contributed by atoms with Gasteiger partial charge in [-0.15, -0.1) is 0 Å². The molecule has 5 atom stereocenters. The number of hydrogen-bond donors (Lipinski definition) is 2. The number of imidazole rings is 1. The van der Waals surface area contributed by atoms with Gasteiger partial charge in [0.25, 0.3) is 0 Å². The van der Waals surface area contributed by atoms with Crippen molar-refractivity contribution in [1.29, 1.82) is 0 Å². The van der Waals surface area contributed by atoms with Gasteiger partial charge in [-0.3, -0.25) is 5.32 Å². The molecule has 0 amide bonds. The highest BCUT2D eigenvalue weighted by atomic mass is 16.5. The van der Waals surface area contributed by atoms with Gasteiger partial charge in [-0.1, -0.05) is 30.3 Å². The Labute approximate surface area is 159 Å². The second-order valence-electron chi connectivity index (χ2n) is 7.40. The van der Waals surface area contributed by atoms with Crippen LogP contribution in [0.1, 0.15) is 34.9 Å². The maximum atomic E-state index is 11.1. The second-order valence-corrected chi connectivity index (χ2v) is 7.40. The molecular weight excluding hydrogens is 342 g/mol. The first-order valence-corrected chi connectivity index (χ1v) is 9.33. The fourth-order valence-electron chi connectivity index (χ4n) is 4.47. The van der Waals surface area contributed by atoms with E-state index in [9.17, 15) is 5.11 Å². The third kappa shape index (κ3) is 2.93. The number of ether oxygens (including phenoxy) is 2. The van der Waals surface area contributed by atoms with E-state index in [0.717, 1.165) is 28.3 Å². The topological polar surface area (TPSA) is 68.5 Å². The van der Waals surface area contributed by atoms with Crippen LogP contribution < -0.4 is 5.32 Å². The molecule has 144 valence electrons. The molecule has 4 rings (SSSR count). The predicted octanol–water partition coefficient (Wildman–Crippen LogP) is 2.38. The van der Waals surface area contributed by atoms with Crippen LogP contribution in [0.15, 0.2) is 35.9 Å². The van der Waals surface area contributed by atoms with Crippen LogP contribution in [0.25, 0.3) is 6.20 Å². The molecular formula is C21H27N3O3. The molecule has 27 heavy (non-hydrogen) atoms. The number of hydrogen-bond acceptors (Lipinski definition) is 5. The van der Waals surface area contributed by atoms with Crippen molar-refractivity contribution >= 4 is 6.20 Å². The van der Waals surface area contributed by atoms with Crippen molar-refractivity contribution in [2.75, 3.05) is 20.8 Å². The largest absolute Gasteiger partial charge is 0.388 e. The third-order valence-electron chi connectivity index (χ3n) is 5.91. The highest BCUT2D eigenvalue weighted by Gasteiger charge is 2.49. The number of rotatable bonds is 4. The number of aliphatic hydroxyl groups is 1. The van der Waals surface area contributed by atoms with Crippen LogP contribution in [0.3, 0.4) is 0 Å². The summed E-state index contributed by atoms with van der Waals surface area (Å²) in [7, 11) is 3.36. The highest BCUT2D eigenvalue weighted by Crippen LogP contribution is 2.45. The fraction of sp³-hybridized carbons (Fsp3) is 0.476. The van der Waals surface area contributed by atoms with E-state index in [1.807, 2.05) is 37.3 Å². The van der Waals surface area contributed by atoms with Crippen LogP contribution in [-0.2, 0) is 9.47 Å². The van der Waals surface area contributed by atoms with Gasteiger partial charge in [-0.05, 0) is 25.0 Å². The smallest absolute Gasteiger partial charge is 0.131 e. The Kier molecular flexibility index (Phi) is 4.90. The molecule has 1 saturated heterocycles. The Hall–Kier alpha value is -1.99. The Morgan fingerprint density at radius 1 is 1.15 bits per heavy atom. The van der Waals surface area contributed by atoms with Crippen molar-refractivity contribution in [1.82, 2.24) is 14.9 Å². The molecule has 1 aromatic carbocycles. The molecule has 2 aliphatic heterocycles. The van der Waals surface area contributed by atoms with Gasteiger partial charge in [-0.25, -0.2) is 4.98 Å². The first-order valence-electron chi connectivity index (χ1n) is 9.33. The molecule has 6 nitrogen and oxygen atoms in total. The summed E-state index contributed by atoms with van der Waals surface area (Å²) in [5.74, 6) is 0.920. The first kappa shape index (κ1) is 18.4. The number of fused-ring (bicyclic) bond motifs is 3. The van der Waals surface area contributed by atoms with Crippen LogP contribution in [0.4, 0.5) is 0 Å². The summed E-state index contributed by atoms with van der Waals surface area (Å²) in [4.78, 5) is 4.83.